The van der Waals surface area contributed by atoms with Gasteiger partial charge in [0.05, 0.1) is 13.2 Å². The van der Waals surface area contributed by atoms with Crippen LogP contribution in [0.5, 0.6) is 0 Å². The first-order valence-corrected chi connectivity index (χ1v) is 6.34. The molecule has 1 aliphatic heterocycles. The highest BCUT2D eigenvalue weighted by Crippen LogP contribution is 2.24. The van der Waals surface area contributed by atoms with Crippen LogP contribution in [0.1, 0.15) is 31.1 Å². The van der Waals surface area contributed by atoms with Gasteiger partial charge < -0.3 is 14.6 Å². The van der Waals surface area contributed by atoms with Gasteiger partial charge in [-0.2, -0.15) is 0 Å². The molecule has 5 heteroatoms. The number of hydrogen-bond acceptors (Lipinski definition) is 4. The standard InChI is InChI=1S/C13H16O3.C2H4O2/c1-13(2)8-15-12(16-9-13)11(14)10-6-4-3-5-7-10;1-2(3)4/h3-7,12H,8-9H2,1-2H3;1H3,(H,3,4). The number of Topliss-reactive ketones (excluding diaryl/α,β-unsaturated/α-hetero) is 1. The number of ether oxygens (including phenoxy) is 2. The van der Waals surface area contributed by atoms with Gasteiger partial charge in [-0.25, -0.2) is 0 Å². The number of carboxylic acid groups (broad SMARTS) is 1. The number of ketones is 1. The smallest absolute Gasteiger partial charge is 0.300 e. The first kappa shape index (κ1) is 16.3. The quantitative estimate of drug-likeness (QED) is 0.842. The van der Waals surface area contributed by atoms with E-state index in [0.717, 1.165) is 6.92 Å². The van der Waals surface area contributed by atoms with Gasteiger partial charge in [0.15, 0.2) is 0 Å². The van der Waals surface area contributed by atoms with Gasteiger partial charge in [0, 0.05) is 17.9 Å². The zero-order valence-electron chi connectivity index (χ0n) is 12.0. The van der Waals surface area contributed by atoms with Crippen molar-refractivity contribution in [3.8, 4) is 0 Å². The Labute approximate surface area is 118 Å². The lowest BCUT2D eigenvalue weighted by Gasteiger charge is -2.33. The number of carbonyl (C=O) groups excluding carboxylic acids is 1. The molecule has 1 aromatic carbocycles. The monoisotopic (exact) mass is 280 g/mol. The number of carbonyl (C=O) groups is 2. The van der Waals surface area contributed by atoms with E-state index < -0.39 is 12.3 Å². The minimum Gasteiger partial charge on any atom is -0.481 e. The third-order valence-corrected chi connectivity index (χ3v) is 2.52. The maximum atomic E-state index is 12.0. The van der Waals surface area contributed by atoms with Crippen molar-refractivity contribution in [2.45, 2.75) is 27.1 Å². The van der Waals surface area contributed by atoms with Gasteiger partial charge in [-0.05, 0) is 0 Å². The Hall–Kier alpha value is -1.72. The first-order chi connectivity index (χ1) is 9.32. The highest BCUT2D eigenvalue weighted by atomic mass is 16.7. The van der Waals surface area contributed by atoms with Crippen molar-refractivity contribution in [2.75, 3.05) is 13.2 Å². The molecule has 0 spiro atoms. The van der Waals surface area contributed by atoms with Crippen LogP contribution in [-0.4, -0.2) is 36.4 Å². The van der Waals surface area contributed by atoms with Gasteiger partial charge in [0.2, 0.25) is 12.1 Å². The van der Waals surface area contributed by atoms with Crippen LogP contribution in [0.4, 0.5) is 0 Å². The summed E-state index contributed by atoms with van der Waals surface area (Å²) in [5.74, 6) is -0.934. The zero-order chi connectivity index (χ0) is 15.2. The Balaban J connectivity index is 0.000000444. The van der Waals surface area contributed by atoms with E-state index in [1.54, 1.807) is 12.1 Å². The van der Waals surface area contributed by atoms with E-state index in [0.29, 0.717) is 18.8 Å². The minimum absolute atomic E-state index is 0.00648. The molecule has 0 atom stereocenters. The molecular weight excluding hydrogens is 260 g/mol. The summed E-state index contributed by atoms with van der Waals surface area (Å²) in [5, 5.41) is 7.42. The summed E-state index contributed by atoms with van der Waals surface area (Å²) < 4.78 is 10.9. The fourth-order valence-electron chi connectivity index (χ4n) is 1.58. The van der Waals surface area contributed by atoms with Crippen molar-refractivity contribution >= 4 is 11.8 Å². The lowest BCUT2D eigenvalue weighted by atomic mass is 9.95. The predicted molar refractivity (Wildman–Crippen MR) is 73.6 cm³/mol. The molecule has 5 nitrogen and oxygen atoms in total. The SMILES string of the molecule is CC(=O)O.CC1(C)COC(C(=O)c2ccccc2)OC1. The molecule has 0 aliphatic carbocycles. The van der Waals surface area contributed by atoms with Gasteiger partial charge in [-0.3, -0.25) is 9.59 Å². The zero-order valence-corrected chi connectivity index (χ0v) is 12.0. The van der Waals surface area contributed by atoms with Crippen LogP contribution in [0.2, 0.25) is 0 Å². The fourth-order valence-corrected chi connectivity index (χ4v) is 1.58. The molecule has 0 unspecified atom stereocenters. The minimum atomic E-state index is -0.833. The number of aliphatic carboxylic acids is 1. The molecule has 0 bridgehead atoms. The van der Waals surface area contributed by atoms with Crippen LogP contribution in [-0.2, 0) is 14.3 Å². The Morgan fingerprint density at radius 2 is 1.60 bits per heavy atom. The number of hydrogen-bond donors (Lipinski definition) is 1. The van der Waals surface area contributed by atoms with Crippen LogP contribution >= 0.6 is 0 Å². The molecule has 1 saturated heterocycles. The normalized spacial score (nSPS) is 17.8. The van der Waals surface area contributed by atoms with Crippen molar-refractivity contribution in [2.24, 2.45) is 5.41 Å². The molecule has 1 aromatic rings. The Bertz CT molecular complexity index is 439. The average Bonchev–Trinajstić information content (AvgIpc) is 2.38. The number of rotatable bonds is 2. The molecular formula is C15H20O5. The van der Waals surface area contributed by atoms with Gasteiger partial charge in [0.25, 0.3) is 5.97 Å². The van der Waals surface area contributed by atoms with Crippen molar-refractivity contribution < 1.29 is 24.2 Å². The second-order valence-corrected chi connectivity index (χ2v) is 5.37. The van der Waals surface area contributed by atoms with Crippen LogP contribution in [0.25, 0.3) is 0 Å². The molecule has 0 saturated carbocycles. The average molecular weight is 280 g/mol. The summed E-state index contributed by atoms with van der Waals surface area (Å²) in [5.41, 5.74) is 0.625. The lowest BCUT2D eigenvalue weighted by Crippen LogP contribution is -2.41. The second-order valence-electron chi connectivity index (χ2n) is 5.37. The topological polar surface area (TPSA) is 72.8 Å². The summed E-state index contributed by atoms with van der Waals surface area (Å²) in [4.78, 5) is 21.0. The van der Waals surface area contributed by atoms with E-state index >= 15 is 0 Å². The maximum absolute atomic E-state index is 12.0. The van der Waals surface area contributed by atoms with Crippen LogP contribution in [0.15, 0.2) is 30.3 Å². The van der Waals surface area contributed by atoms with Gasteiger partial charge in [0.1, 0.15) is 0 Å². The highest BCUT2D eigenvalue weighted by Gasteiger charge is 2.32. The summed E-state index contributed by atoms with van der Waals surface area (Å²) >= 11 is 0. The lowest BCUT2D eigenvalue weighted by molar-refractivity contribution is -0.196. The number of benzene rings is 1. The third-order valence-electron chi connectivity index (χ3n) is 2.52. The van der Waals surface area contributed by atoms with E-state index in [2.05, 4.69) is 13.8 Å². The molecule has 0 aromatic heterocycles. The molecule has 0 amide bonds. The van der Waals surface area contributed by atoms with E-state index in [-0.39, 0.29) is 11.2 Å². The molecule has 2 rings (SSSR count). The van der Waals surface area contributed by atoms with Crippen molar-refractivity contribution in [1.82, 2.24) is 0 Å². The fraction of sp³-hybridized carbons (Fsp3) is 0.467. The van der Waals surface area contributed by atoms with E-state index in [1.165, 1.54) is 0 Å². The molecule has 110 valence electrons. The third kappa shape index (κ3) is 5.50. The van der Waals surface area contributed by atoms with E-state index in [9.17, 15) is 4.79 Å². The van der Waals surface area contributed by atoms with E-state index in [1.807, 2.05) is 18.2 Å². The molecule has 1 N–H and O–H groups in total. The summed E-state index contributed by atoms with van der Waals surface area (Å²) in [6.45, 7) is 6.29. The molecule has 1 aliphatic rings. The highest BCUT2D eigenvalue weighted by molar-refractivity contribution is 5.98. The first-order valence-electron chi connectivity index (χ1n) is 6.34. The van der Waals surface area contributed by atoms with E-state index in [4.69, 9.17) is 19.4 Å². The van der Waals surface area contributed by atoms with Crippen molar-refractivity contribution in [3.05, 3.63) is 35.9 Å². The molecule has 1 fully saturated rings. The summed E-state index contributed by atoms with van der Waals surface area (Å²) in [7, 11) is 0. The Kier molecular flexibility index (Phi) is 5.85. The van der Waals surface area contributed by atoms with Crippen molar-refractivity contribution in [3.63, 3.8) is 0 Å². The van der Waals surface area contributed by atoms with Crippen LogP contribution in [0, 0.1) is 5.41 Å². The molecule has 0 radical (unpaired) electrons. The van der Waals surface area contributed by atoms with Crippen LogP contribution < -0.4 is 0 Å². The largest absolute Gasteiger partial charge is 0.481 e. The molecule has 20 heavy (non-hydrogen) atoms. The Morgan fingerprint density at radius 1 is 1.15 bits per heavy atom. The summed E-state index contributed by atoms with van der Waals surface area (Å²) in [6.07, 6.45) is -0.740. The second kappa shape index (κ2) is 7.17. The van der Waals surface area contributed by atoms with Gasteiger partial charge in [-0.1, -0.05) is 44.2 Å². The summed E-state index contributed by atoms with van der Waals surface area (Å²) in [6, 6.07) is 9.09. The molecule has 1 heterocycles. The Morgan fingerprint density at radius 3 is 2.05 bits per heavy atom. The van der Waals surface area contributed by atoms with Gasteiger partial charge >= 0.3 is 0 Å². The van der Waals surface area contributed by atoms with Gasteiger partial charge in [-0.15, -0.1) is 0 Å². The number of carboxylic acids is 1. The predicted octanol–water partition coefficient (Wildman–Crippen LogP) is 2.36. The maximum Gasteiger partial charge on any atom is 0.300 e. The van der Waals surface area contributed by atoms with Crippen LogP contribution in [0.3, 0.4) is 0 Å². The van der Waals surface area contributed by atoms with Crippen molar-refractivity contribution in [1.29, 1.82) is 0 Å².